The van der Waals surface area contributed by atoms with Crippen molar-refractivity contribution in [2.45, 2.75) is 45.8 Å². The lowest BCUT2D eigenvalue weighted by Gasteiger charge is -2.23. The summed E-state index contributed by atoms with van der Waals surface area (Å²) < 4.78 is 4.58. The molecular formula is C23H29ClN6O2. The topological polar surface area (TPSA) is 106 Å². The van der Waals surface area contributed by atoms with E-state index in [4.69, 9.17) is 17.3 Å². The Balaban J connectivity index is 0.000000312. The molecule has 32 heavy (non-hydrogen) atoms. The summed E-state index contributed by atoms with van der Waals surface area (Å²) in [5.41, 5.74) is 9.26. The molecular weight excluding hydrogens is 428 g/mol. The maximum Gasteiger partial charge on any atom is 0.405 e. The van der Waals surface area contributed by atoms with Gasteiger partial charge in [0.15, 0.2) is 0 Å². The number of nitrogens with zero attached hydrogens (tertiary/aromatic N) is 4. The molecule has 0 aliphatic carbocycles. The summed E-state index contributed by atoms with van der Waals surface area (Å²) in [5.74, 6) is 0. The molecule has 0 radical (unpaired) electrons. The van der Waals surface area contributed by atoms with Gasteiger partial charge in [-0.25, -0.2) is 4.79 Å². The molecule has 1 fully saturated rings. The molecule has 0 unspecified atom stereocenters. The van der Waals surface area contributed by atoms with Gasteiger partial charge in [0.2, 0.25) is 0 Å². The van der Waals surface area contributed by atoms with E-state index in [-0.39, 0.29) is 0 Å². The smallest absolute Gasteiger partial charge is 0.405 e. The fraction of sp³-hybridized carbons (Fsp3) is 0.391. The standard InChI is InChI=1S/C18H18ClN5.C5H11NO2/c19-14-11-20-12-17(18(14)24-7-1-2-8-24)23-10-13-3-4-15-16(9-13)22-6-5-21-15;1-5(2,3)8-4(6)7/h3-6,9,11-12,23H,1-2,7-8,10H2;1-3H3,(H2,6,7). The zero-order chi connectivity index (χ0) is 23.1. The normalized spacial score (nSPS) is 13.4. The summed E-state index contributed by atoms with van der Waals surface area (Å²) in [6, 6.07) is 6.12. The van der Waals surface area contributed by atoms with Crippen LogP contribution in [0.1, 0.15) is 39.2 Å². The quantitative estimate of drug-likeness (QED) is 0.582. The number of pyridine rings is 1. The number of amides is 1. The van der Waals surface area contributed by atoms with Gasteiger partial charge in [-0.2, -0.15) is 0 Å². The second-order valence-electron chi connectivity index (χ2n) is 8.48. The van der Waals surface area contributed by atoms with Gasteiger partial charge in [0.25, 0.3) is 0 Å². The van der Waals surface area contributed by atoms with Gasteiger partial charge < -0.3 is 20.7 Å². The molecule has 170 valence electrons. The maximum absolute atomic E-state index is 10.0. The van der Waals surface area contributed by atoms with Gasteiger partial charge in [-0.3, -0.25) is 15.0 Å². The zero-order valence-corrected chi connectivity index (χ0v) is 19.4. The average molecular weight is 457 g/mol. The van der Waals surface area contributed by atoms with Crippen LogP contribution in [0.4, 0.5) is 16.2 Å². The van der Waals surface area contributed by atoms with Crippen LogP contribution in [0.25, 0.3) is 11.0 Å². The van der Waals surface area contributed by atoms with E-state index in [1.54, 1.807) is 39.4 Å². The van der Waals surface area contributed by atoms with E-state index < -0.39 is 11.7 Å². The Hall–Kier alpha value is -3.13. The number of anilines is 2. The Morgan fingerprint density at radius 1 is 1.16 bits per heavy atom. The fourth-order valence-electron chi connectivity index (χ4n) is 3.44. The minimum absolute atomic E-state index is 0.453. The van der Waals surface area contributed by atoms with Crippen molar-refractivity contribution >= 4 is 40.1 Å². The number of ether oxygens (including phenoxy) is 1. The lowest BCUT2D eigenvalue weighted by atomic mass is 10.2. The van der Waals surface area contributed by atoms with Gasteiger partial charge in [-0.05, 0) is 51.3 Å². The number of carbonyl (C=O) groups is 1. The van der Waals surface area contributed by atoms with Crippen LogP contribution in [0.3, 0.4) is 0 Å². The molecule has 4 rings (SSSR count). The second kappa shape index (κ2) is 10.5. The van der Waals surface area contributed by atoms with Crippen molar-refractivity contribution in [3.05, 3.63) is 53.6 Å². The van der Waals surface area contributed by atoms with Crippen LogP contribution in [0.2, 0.25) is 5.02 Å². The van der Waals surface area contributed by atoms with E-state index in [0.717, 1.165) is 41.1 Å². The van der Waals surface area contributed by atoms with Crippen LogP contribution in [0.5, 0.6) is 0 Å². The summed E-state index contributed by atoms with van der Waals surface area (Å²) >= 11 is 6.41. The highest BCUT2D eigenvalue weighted by Gasteiger charge is 2.19. The Labute approximate surface area is 193 Å². The minimum atomic E-state index is -0.725. The van der Waals surface area contributed by atoms with Crippen molar-refractivity contribution in [1.82, 2.24) is 15.0 Å². The average Bonchev–Trinajstić information content (AvgIpc) is 3.25. The number of aromatic nitrogens is 3. The highest BCUT2D eigenvalue weighted by molar-refractivity contribution is 6.33. The Morgan fingerprint density at radius 2 is 1.84 bits per heavy atom. The van der Waals surface area contributed by atoms with Crippen molar-refractivity contribution in [2.24, 2.45) is 5.73 Å². The predicted octanol–water partition coefficient (Wildman–Crippen LogP) is 4.77. The molecule has 3 heterocycles. The van der Waals surface area contributed by atoms with E-state index in [0.29, 0.717) is 11.6 Å². The Kier molecular flexibility index (Phi) is 7.69. The lowest BCUT2D eigenvalue weighted by Crippen LogP contribution is -2.27. The zero-order valence-electron chi connectivity index (χ0n) is 18.6. The van der Waals surface area contributed by atoms with E-state index in [9.17, 15) is 4.79 Å². The maximum atomic E-state index is 10.0. The first kappa shape index (κ1) is 23.5. The van der Waals surface area contributed by atoms with Crippen molar-refractivity contribution in [3.8, 4) is 0 Å². The van der Waals surface area contributed by atoms with Crippen LogP contribution in [-0.4, -0.2) is 39.7 Å². The Morgan fingerprint density at radius 3 is 2.47 bits per heavy atom. The molecule has 3 N–H and O–H groups in total. The van der Waals surface area contributed by atoms with E-state index in [1.807, 2.05) is 12.3 Å². The molecule has 3 aromatic rings. The van der Waals surface area contributed by atoms with Crippen LogP contribution in [-0.2, 0) is 11.3 Å². The van der Waals surface area contributed by atoms with Crippen molar-refractivity contribution in [3.63, 3.8) is 0 Å². The van der Waals surface area contributed by atoms with Crippen LogP contribution >= 0.6 is 11.6 Å². The van der Waals surface area contributed by atoms with Crippen LogP contribution < -0.4 is 16.0 Å². The highest BCUT2D eigenvalue weighted by atomic mass is 35.5. The number of fused-ring (bicyclic) bond motifs is 1. The number of nitrogens with two attached hydrogens (primary N) is 1. The molecule has 2 aromatic heterocycles. The molecule has 0 spiro atoms. The van der Waals surface area contributed by atoms with Gasteiger partial charge in [0, 0.05) is 38.2 Å². The summed E-state index contributed by atoms with van der Waals surface area (Å²) in [4.78, 5) is 25.2. The first-order chi connectivity index (χ1) is 15.2. The third kappa shape index (κ3) is 6.68. The van der Waals surface area contributed by atoms with E-state index in [1.165, 1.54) is 12.8 Å². The first-order valence-electron chi connectivity index (χ1n) is 10.5. The molecule has 1 amide bonds. The third-order valence-electron chi connectivity index (χ3n) is 4.72. The van der Waals surface area contributed by atoms with Gasteiger partial charge in [0.05, 0.1) is 33.6 Å². The van der Waals surface area contributed by atoms with Crippen molar-refractivity contribution in [2.75, 3.05) is 23.3 Å². The van der Waals surface area contributed by atoms with Crippen LogP contribution in [0, 0.1) is 0 Å². The number of rotatable bonds is 4. The summed E-state index contributed by atoms with van der Waals surface area (Å²) in [6.07, 6.45) is 8.68. The van der Waals surface area contributed by atoms with Gasteiger partial charge in [0.1, 0.15) is 5.60 Å². The highest BCUT2D eigenvalue weighted by Crippen LogP contribution is 2.35. The SMILES string of the molecule is CC(C)(C)OC(N)=O.Clc1cncc(NCc2ccc3nccnc3c2)c1N1CCCC1. The third-order valence-corrected chi connectivity index (χ3v) is 5.00. The monoisotopic (exact) mass is 456 g/mol. The number of primary amides is 1. The predicted molar refractivity (Wildman–Crippen MR) is 128 cm³/mol. The number of halogens is 1. The van der Waals surface area contributed by atoms with E-state index >= 15 is 0 Å². The number of hydrogen-bond donors (Lipinski definition) is 2. The molecule has 9 heteroatoms. The molecule has 0 bridgehead atoms. The molecule has 0 saturated carbocycles. The lowest BCUT2D eigenvalue weighted by molar-refractivity contribution is 0.0600. The number of carbonyl (C=O) groups excluding carboxylic acids is 1. The molecule has 8 nitrogen and oxygen atoms in total. The molecule has 0 atom stereocenters. The summed E-state index contributed by atoms with van der Waals surface area (Å²) in [5, 5.41) is 4.18. The van der Waals surface area contributed by atoms with Crippen molar-refractivity contribution < 1.29 is 9.53 Å². The number of benzene rings is 1. The van der Waals surface area contributed by atoms with Gasteiger partial charge in [-0.1, -0.05) is 17.7 Å². The minimum Gasteiger partial charge on any atom is -0.444 e. The van der Waals surface area contributed by atoms with Gasteiger partial charge in [-0.15, -0.1) is 0 Å². The number of nitrogens with one attached hydrogen (secondary N) is 1. The summed E-state index contributed by atoms with van der Waals surface area (Å²) in [6.45, 7) is 8.07. The Bertz CT molecular complexity index is 1060. The van der Waals surface area contributed by atoms with Crippen molar-refractivity contribution in [1.29, 1.82) is 0 Å². The molecule has 1 aliphatic rings. The second-order valence-corrected chi connectivity index (χ2v) is 8.89. The number of hydrogen-bond acceptors (Lipinski definition) is 7. The summed E-state index contributed by atoms with van der Waals surface area (Å²) in [7, 11) is 0. The largest absolute Gasteiger partial charge is 0.444 e. The fourth-order valence-corrected chi connectivity index (χ4v) is 3.72. The molecule has 1 saturated heterocycles. The molecule has 1 aliphatic heterocycles. The van der Waals surface area contributed by atoms with E-state index in [2.05, 4.69) is 42.0 Å². The van der Waals surface area contributed by atoms with Gasteiger partial charge >= 0.3 is 6.09 Å². The first-order valence-corrected chi connectivity index (χ1v) is 10.9. The molecule has 1 aromatic carbocycles. The van der Waals surface area contributed by atoms with Crippen LogP contribution in [0.15, 0.2) is 43.0 Å².